The van der Waals surface area contributed by atoms with Crippen LogP contribution in [0, 0.1) is 3.57 Å². The van der Waals surface area contributed by atoms with Crippen LogP contribution in [0.1, 0.15) is 1.43 Å². The molecule has 11 aromatic carbocycles. The summed E-state index contributed by atoms with van der Waals surface area (Å²) in [6, 6.07) is 71.8. The van der Waals surface area contributed by atoms with Crippen LogP contribution in [-0.4, -0.2) is 17.2 Å². The highest BCUT2D eigenvalue weighted by atomic mass is 127. The molecule has 14 aromatic rings. The fourth-order valence-corrected chi connectivity index (χ4v) is 11.2. The van der Waals surface area contributed by atoms with Crippen molar-refractivity contribution >= 4 is 181 Å². The molecular formula is C60H38BBr3IO5-. The minimum Gasteiger partial charge on any atom is -1.00 e. The third kappa shape index (κ3) is 9.28. The van der Waals surface area contributed by atoms with E-state index >= 15 is 0 Å². The molecule has 0 aliphatic rings. The lowest BCUT2D eigenvalue weighted by Crippen LogP contribution is -2.29. The molecule has 0 aliphatic carbocycles. The smallest absolute Gasteiger partial charge is 0.488 e. The summed E-state index contributed by atoms with van der Waals surface area (Å²) in [5, 5.41) is 32.6. The molecule has 5 nitrogen and oxygen atoms in total. The summed E-state index contributed by atoms with van der Waals surface area (Å²) in [5.74, 6) is 0. The number of hydrogen-bond donors (Lipinski definition) is 2. The fraction of sp³-hybridized carbons (Fsp3) is 0. The molecular weight excluding hydrogens is 1180 g/mol. The molecule has 0 radical (unpaired) electrons. The number of fused-ring (bicyclic) bond motifs is 15. The van der Waals surface area contributed by atoms with Crippen LogP contribution in [0.4, 0.5) is 0 Å². The fourth-order valence-electron chi connectivity index (χ4n) is 9.10. The zero-order chi connectivity index (χ0) is 47.9. The molecule has 0 spiro atoms. The Kier molecular flexibility index (Phi) is 13.1. The van der Waals surface area contributed by atoms with Crippen LogP contribution < -0.4 is 5.46 Å². The van der Waals surface area contributed by atoms with Crippen molar-refractivity contribution in [2.45, 2.75) is 0 Å². The maximum absolute atomic E-state index is 9.24. The van der Waals surface area contributed by atoms with Gasteiger partial charge >= 0.3 is 7.12 Å². The number of hydrogen-bond acceptors (Lipinski definition) is 5. The van der Waals surface area contributed by atoms with Gasteiger partial charge < -0.3 is 24.7 Å². The Balaban J connectivity index is 0.000000114. The molecule has 0 fully saturated rings. The Labute approximate surface area is 442 Å². The van der Waals surface area contributed by atoms with E-state index < -0.39 is 7.12 Å². The van der Waals surface area contributed by atoms with E-state index in [0.717, 1.165) is 68.4 Å². The molecule has 0 atom stereocenters. The van der Waals surface area contributed by atoms with Gasteiger partial charge in [0.25, 0.3) is 0 Å². The molecule has 14 rings (SSSR count). The second-order valence-corrected chi connectivity index (χ2v) is 20.7. The Bertz CT molecular complexity index is 4240. The predicted molar refractivity (Wildman–Crippen MR) is 312 cm³/mol. The zero-order valence-corrected chi connectivity index (χ0v) is 43.8. The Morgan fingerprint density at radius 1 is 0.343 bits per heavy atom. The zero-order valence-electron chi connectivity index (χ0n) is 37.9. The minimum absolute atomic E-state index is 0. The average molecular weight is 1220 g/mol. The third-order valence-electron chi connectivity index (χ3n) is 12.3. The van der Waals surface area contributed by atoms with Gasteiger partial charge in [-0.05, 0) is 156 Å². The van der Waals surface area contributed by atoms with Crippen molar-refractivity contribution in [2.24, 2.45) is 0 Å². The van der Waals surface area contributed by atoms with Crippen LogP contribution in [0.5, 0.6) is 0 Å². The van der Waals surface area contributed by atoms with E-state index in [-0.39, 0.29) is 1.43 Å². The van der Waals surface area contributed by atoms with E-state index in [1.165, 1.54) is 52.2 Å². The van der Waals surface area contributed by atoms with Crippen molar-refractivity contribution < 1.29 is 24.7 Å². The Hall–Kier alpha value is -6.25. The number of benzene rings is 11. The maximum Gasteiger partial charge on any atom is 0.488 e. The topological polar surface area (TPSA) is 79.9 Å². The number of halogens is 4. The summed E-state index contributed by atoms with van der Waals surface area (Å²) < 4.78 is 22.4. The van der Waals surface area contributed by atoms with Crippen LogP contribution in [0.15, 0.2) is 239 Å². The predicted octanol–water partition coefficient (Wildman–Crippen LogP) is 18.3. The molecule has 3 heterocycles. The molecule has 10 heteroatoms. The van der Waals surface area contributed by atoms with E-state index in [4.69, 9.17) is 13.3 Å². The lowest BCUT2D eigenvalue weighted by Gasteiger charge is -2.02. The largest absolute Gasteiger partial charge is 1.00 e. The van der Waals surface area contributed by atoms with Crippen molar-refractivity contribution in [3.8, 4) is 11.1 Å². The lowest BCUT2D eigenvalue weighted by molar-refractivity contribution is 0.425. The molecule has 70 heavy (non-hydrogen) atoms. The van der Waals surface area contributed by atoms with Gasteiger partial charge in [0.15, 0.2) is 0 Å². The van der Waals surface area contributed by atoms with Crippen molar-refractivity contribution in [2.75, 3.05) is 0 Å². The molecule has 0 aliphatic heterocycles. The Morgan fingerprint density at radius 3 is 1.26 bits per heavy atom. The van der Waals surface area contributed by atoms with Gasteiger partial charge in [-0.3, -0.25) is 0 Å². The van der Waals surface area contributed by atoms with Crippen molar-refractivity contribution in [1.29, 1.82) is 0 Å². The van der Waals surface area contributed by atoms with Crippen molar-refractivity contribution in [3.05, 3.63) is 229 Å². The first kappa shape index (κ1) is 46.2. The van der Waals surface area contributed by atoms with Crippen LogP contribution in [0.2, 0.25) is 0 Å². The van der Waals surface area contributed by atoms with Gasteiger partial charge in [-0.1, -0.05) is 175 Å². The van der Waals surface area contributed by atoms with Gasteiger partial charge in [0.2, 0.25) is 0 Å². The van der Waals surface area contributed by atoms with E-state index in [1.807, 2.05) is 60.7 Å². The first-order valence-corrected chi connectivity index (χ1v) is 25.8. The summed E-state index contributed by atoms with van der Waals surface area (Å²) in [4.78, 5) is 0. The first-order valence-electron chi connectivity index (χ1n) is 22.4. The normalized spacial score (nSPS) is 11.3. The van der Waals surface area contributed by atoms with E-state index in [9.17, 15) is 10.0 Å². The monoisotopic (exact) mass is 1210 g/mol. The highest BCUT2D eigenvalue weighted by Crippen LogP contribution is 2.38. The van der Waals surface area contributed by atoms with E-state index in [0.29, 0.717) is 11.0 Å². The minimum atomic E-state index is -1.48. The highest BCUT2D eigenvalue weighted by molar-refractivity contribution is 14.1. The molecule has 0 unspecified atom stereocenters. The first-order chi connectivity index (χ1) is 34.1. The number of furan rings is 3. The Morgan fingerprint density at radius 2 is 0.771 bits per heavy atom. The summed E-state index contributed by atoms with van der Waals surface area (Å²) in [6.07, 6.45) is 0. The molecule has 340 valence electrons. The maximum atomic E-state index is 9.24. The van der Waals surface area contributed by atoms with Gasteiger partial charge in [-0.25, -0.2) is 0 Å². The average Bonchev–Trinajstić information content (AvgIpc) is 4.08. The van der Waals surface area contributed by atoms with Gasteiger partial charge in [0, 0.05) is 49.3 Å². The molecule has 0 saturated heterocycles. The number of rotatable bonds is 2. The van der Waals surface area contributed by atoms with Crippen LogP contribution >= 0.6 is 70.4 Å². The van der Waals surface area contributed by atoms with Crippen LogP contribution in [0.3, 0.4) is 0 Å². The molecule has 0 amide bonds. The van der Waals surface area contributed by atoms with Gasteiger partial charge in [-0.2, -0.15) is 0 Å². The van der Waals surface area contributed by atoms with E-state index in [1.54, 1.807) is 12.1 Å². The van der Waals surface area contributed by atoms with Gasteiger partial charge in [-0.15, -0.1) is 0 Å². The van der Waals surface area contributed by atoms with Gasteiger partial charge in [0.05, 0.1) is 0 Å². The third-order valence-corrected chi connectivity index (χ3v) is 14.5. The second-order valence-electron chi connectivity index (χ2n) is 16.7. The summed E-state index contributed by atoms with van der Waals surface area (Å²) in [5.41, 5.74) is 7.99. The standard InChI is InChI=1S/C22H13BrO.C16H11BO3.C16H9BrO.C6H4BrI.H/c23-17-6-3-5-15(12-17)16-8-10-19-21(13-16)24-20-11-9-14-4-1-2-7-18(14)22(19)20;18-17(19)11-6-7-13-15(9-11)20-14-8-5-10-3-1-2-4-12(10)16(13)14;17-11-6-7-13-15(9-11)18-14-8-5-10-3-1-2-4-12(10)16(13)14;7-5-2-1-3-6(8)4-5;/h1-13H;1-9,18-19H;1-9H;1-4H;/q;;;;-1. The highest BCUT2D eigenvalue weighted by Gasteiger charge is 2.16. The van der Waals surface area contributed by atoms with Crippen LogP contribution in [0.25, 0.3) is 109 Å². The molecule has 2 N–H and O–H groups in total. The van der Waals surface area contributed by atoms with E-state index in [2.05, 4.69) is 210 Å². The summed E-state index contributed by atoms with van der Waals surface area (Å²) >= 11 is 12.7. The molecule has 0 bridgehead atoms. The van der Waals surface area contributed by atoms with Crippen LogP contribution in [-0.2, 0) is 0 Å². The van der Waals surface area contributed by atoms with Crippen molar-refractivity contribution in [1.82, 2.24) is 0 Å². The molecule has 3 aromatic heterocycles. The summed E-state index contributed by atoms with van der Waals surface area (Å²) in [6.45, 7) is 0. The second kappa shape index (κ2) is 19.9. The quantitative estimate of drug-likeness (QED) is 0.133. The van der Waals surface area contributed by atoms with Crippen molar-refractivity contribution in [3.63, 3.8) is 0 Å². The summed E-state index contributed by atoms with van der Waals surface area (Å²) in [7, 11) is -1.48. The molecule has 0 saturated carbocycles. The lowest BCUT2D eigenvalue weighted by atomic mass is 9.80. The SMILES string of the molecule is Brc1ccc2c(c1)oc1ccc3ccccc3c12.Brc1cccc(-c2ccc3c(c2)oc2ccc4ccccc4c23)c1.Brc1cccc(I)c1.OB(O)c1ccc2c(c1)oc1ccc3ccccc3c12.[H-]. The van der Waals surface area contributed by atoms with Gasteiger partial charge in [0.1, 0.15) is 33.5 Å².